The minimum atomic E-state index is -0.240. The van der Waals surface area contributed by atoms with Gasteiger partial charge in [0.1, 0.15) is 0 Å². The molecule has 1 aliphatic carbocycles. The van der Waals surface area contributed by atoms with Crippen LogP contribution in [0.5, 0.6) is 0 Å². The fourth-order valence-electron chi connectivity index (χ4n) is 2.00. The largest absolute Gasteiger partial charge is 0.391 e. The van der Waals surface area contributed by atoms with Gasteiger partial charge in [-0.1, -0.05) is 0 Å². The Labute approximate surface area is 83.7 Å². The first-order chi connectivity index (χ1) is 6.68. The van der Waals surface area contributed by atoms with Gasteiger partial charge in [0.05, 0.1) is 18.3 Å². The van der Waals surface area contributed by atoms with Crippen molar-refractivity contribution >= 4 is 0 Å². The number of hydrogen-bond acceptors (Lipinski definition) is 3. The fourth-order valence-corrected chi connectivity index (χ4v) is 2.00. The first-order valence-electron chi connectivity index (χ1n) is 5.16. The number of aromatic nitrogens is 2. The van der Waals surface area contributed by atoms with E-state index in [9.17, 15) is 5.11 Å². The highest BCUT2D eigenvalue weighted by atomic mass is 16.3. The molecule has 1 fully saturated rings. The van der Waals surface area contributed by atoms with Crippen LogP contribution in [0.3, 0.4) is 0 Å². The molecule has 0 bridgehead atoms. The zero-order chi connectivity index (χ0) is 10.1. The Balaban J connectivity index is 2.16. The van der Waals surface area contributed by atoms with E-state index in [1.807, 2.05) is 17.8 Å². The van der Waals surface area contributed by atoms with Crippen LogP contribution in [0, 0.1) is 0 Å². The maximum atomic E-state index is 9.70. The van der Waals surface area contributed by atoms with Gasteiger partial charge in [-0.25, -0.2) is 0 Å². The van der Waals surface area contributed by atoms with E-state index >= 15 is 0 Å². The van der Waals surface area contributed by atoms with Crippen LogP contribution in [0.2, 0.25) is 0 Å². The molecular formula is C10H17N3O. The van der Waals surface area contributed by atoms with Crippen LogP contribution in [0.1, 0.15) is 43.8 Å². The van der Waals surface area contributed by atoms with Crippen LogP contribution in [0.4, 0.5) is 0 Å². The average molecular weight is 195 g/mol. The van der Waals surface area contributed by atoms with Gasteiger partial charge in [-0.2, -0.15) is 5.10 Å². The lowest BCUT2D eigenvalue weighted by Crippen LogP contribution is -2.18. The predicted molar refractivity (Wildman–Crippen MR) is 53.7 cm³/mol. The molecule has 0 aromatic carbocycles. The highest BCUT2D eigenvalue weighted by Gasteiger charge is 2.27. The van der Waals surface area contributed by atoms with Gasteiger partial charge in [-0.15, -0.1) is 0 Å². The Morgan fingerprint density at radius 1 is 1.64 bits per heavy atom. The van der Waals surface area contributed by atoms with Crippen LogP contribution in [0.25, 0.3) is 0 Å². The second-order valence-corrected chi connectivity index (χ2v) is 4.11. The minimum Gasteiger partial charge on any atom is -0.391 e. The molecule has 1 aliphatic rings. The summed E-state index contributed by atoms with van der Waals surface area (Å²) < 4.78 is 1.86. The zero-order valence-corrected chi connectivity index (χ0v) is 8.43. The summed E-state index contributed by atoms with van der Waals surface area (Å²) in [7, 11) is 0. The van der Waals surface area contributed by atoms with E-state index < -0.39 is 0 Å². The smallest absolute Gasteiger partial charge is 0.0778 e. The second-order valence-electron chi connectivity index (χ2n) is 4.11. The molecule has 0 aliphatic heterocycles. The summed E-state index contributed by atoms with van der Waals surface area (Å²) in [6.45, 7) is 1.94. The van der Waals surface area contributed by atoms with Crippen molar-refractivity contribution < 1.29 is 5.11 Å². The topological polar surface area (TPSA) is 64.1 Å². The molecule has 0 spiro atoms. The van der Waals surface area contributed by atoms with E-state index in [4.69, 9.17) is 5.73 Å². The summed E-state index contributed by atoms with van der Waals surface area (Å²) in [4.78, 5) is 0. The normalized spacial score (nSPS) is 29.4. The Morgan fingerprint density at radius 2 is 2.43 bits per heavy atom. The number of nitrogens with two attached hydrogens (primary N) is 1. The van der Waals surface area contributed by atoms with Crippen molar-refractivity contribution in [2.45, 2.75) is 44.4 Å². The lowest BCUT2D eigenvalue weighted by Gasteiger charge is -2.14. The third-order valence-corrected chi connectivity index (χ3v) is 2.93. The molecular weight excluding hydrogens is 178 g/mol. The summed E-state index contributed by atoms with van der Waals surface area (Å²) in [6, 6.07) is 0.171. The first kappa shape index (κ1) is 9.68. The molecule has 3 N–H and O–H groups in total. The van der Waals surface area contributed by atoms with E-state index in [0.717, 1.165) is 24.8 Å². The van der Waals surface area contributed by atoms with Crippen LogP contribution in [-0.4, -0.2) is 21.0 Å². The van der Waals surface area contributed by atoms with Crippen molar-refractivity contribution in [3.63, 3.8) is 0 Å². The van der Waals surface area contributed by atoms with E-state index in [1.54, 1.807) is 6.20 Å². The lowest BCUT2D eigenvalue weighted by molar-refractivity contribution is 0.130. The number of hydrogen-bond donors (Lipinski definition) is 2. The fraction of sp³-hybridized carbons (Fsp3) is 0.700. The molecule has 4 nitrogen and oxygen atoms in total. The van der Waals surface area contributed by atoms with Gasteiger partial charge in [0, 0.05) is 17.8 Å². The Morgan fingerprint density at radius 3 is 2.93 bits per heavy atom. The van der Waals surface area contributed by atoms with Crippen molar-refractivity contribution in [3.05, 3.63) is 18.0 Å². The van der Waals surface area contributed by atoms with Crippen LogP contribution < -0.4 is 5.73 Å². The van der Waals surface area contributed by atoms with E-state index in [1.165, 1.54) is 0 Å². The average Bonchev–Trinajstić information content (AvgIpc) is 2.71. The van der Waals surface area contributed by atoms with E-state index in [2.05, 4.69) is 5.10 Å². The Kier molecular flexibility index (Phi) is 2.56. The van der Waals surface area contributed by atoms with Gasteiger partial charge in [0.2, 0.25) is 0 Å². The number of aliphatic hydroxyl groups is 1. The van der Waals surface area contributed by atoms with E-state index in [-0.39, 0.29) is 18.2 Å². The standard InChI is InChI=1S/C10H17N3O/c1-7(11)8-5-12-13(6-8)9-3-2-4-10(9)14/h5-7,9-10,14H,2-4,11H2,1H3/t7-,9?,10?/m1/s1. The molecule has 0 saturated heterocycles. The summed E-state index contributed by atoms with van der Waals surface area (Å²) in [6.07, 6.45) is 6.48. The van der Waals surface area contributed by atoms with Gasteiger partial charge >= 0.3 is 0 Å². The molecule has 3 atom stereocenters. The molecule has 14 heavy (non-hydrogen) atoms. The predicted octanol–water partition coefficient (Wildman–Crippen LogP) is 0.989. The zero-order valence-electron chi connectivity index (χ0n) is 8.43. The molecule has 1 heterocycles. The minimum absolute atomic E-state index is 0.0160. The quantitative estimate of drug-likeness (QED) is 0.739. The lowest BCUT2D eigenvalue weighted by atomic mass is 10.2. The summed E-state index contributed by atoms with van der Waals surface area (Å²) in [5, 5.41) is 13.9. The van der Waals surface area contributed by atoms with Gasteiger partial charge in [-0.05, 0) is 26.2 Å². The number of aliphatic hydroxyl groups excluding tert-OH is 1. The van der Waals surface area contributed by atoms with Crippen LogP contribution >= 0.6 is 0 Å². The van der Waals surface area contributed by atoms with Gasteiger partial charge in [0.15, 0.2) is 0 Å². The summed E-state index contributed by atoms with van der Waals surface area (Å²) in [5.74, 6) is 0. The van der Waals surface area contributed by atoms with Crippen molar-refractivity contribution in [1.29, 1.82) is 0 Å². The molecule has 78 valence electrons. The third kappa shape index (κ3) is 1.67. The van der Waals surface area contributed by atoms with Crippen molar-refractivity contribution in [2.24, 2.45) is 5.73 Å². The molecule has 2 unspecified atom stereocenters. The molecule has 1 saturated carbocycles. The SMILES string of the molecule is C[C@@H](N)c1cnn(C2CCCC2O)c1. The summed E-state index contributed by atoms with van der Waals surface area (Å²) in [5.41, 5.74) is 6.78. The maximum absolute atomic E-state index is 9.70. The first-order valence-corrected chi connectivity index (χ1v) is 5.16. The Hall–Kier alpha value is -0.870. The molecule has 1 aromatic rings. The molecule has 0 radical (unpaired) electrons. The van der Waals surface area contributed by atoms with Crippen LogP contribution in [-0.2, 0) is 0 Å². The van der Waals surface area contributed by atoms with Gasteiger partial charge in [-0.3, -0.25) is 4.68 Å². The number of nitrogens with zero attached hydrogens (tertiary/aromatic N) is 2. The monoisotopic (exact) mass is 195 g/mol. The molecule has 0 amide bonds. The van der Waals surface area contributed by atoms with Crippen molar-refractivity contribution in [3.8, 4) is 0 Å². The van der Waals surface area contributed by atoms with E-state index in [0.29, 0.717) is 0 Å². The highest BCUT2D eigenvalue weighted by Crippen LogP contribution is 2.29. The number of rotatable bonds is 2. The van der Waals surface area contributed by atoms with Crippen molar-refractivity contribution in [2.75, 3.05) is 0 Å². The summed E-state index contributed by atoms with van der Waals surface area (Å²) >= 11 is 0. The van der Waals surface area contributed by atoms with Gasteiger partial charge < -0.3 is 10.8 Å². The Bertz CT molecular complexity index is 308. The molecule has 4 heteroatoms. The molecule has 2 rings (SSSR count). The maximum Gasteiger partial charge on any atom is 0.0778 e. The van der Waals surface area contributed by atoms with Gasteiger partial charge in [0.25, 0.3) is 0 Å². The van der Waals surface area contributed by atoms with Crippen molar-refractivity contribution in [1.82, 2.24) is 9.78 Å². The highest BCUT2D eigenvalue weighted by molar-refractivity contribution is 5.09. The van der Waals surface area contributed by atoms with Crippen LogP contribution in [0.15, 0.2) is 12.4 Å². The third-order valence-electron chi connectivity index (χ3n) is 2.93. The second kappa shape index (κ2) is 3.71. The molecule has 1 aromatic heterocycles.